The van der Waals surface area contributed by atoms with Gasteiger partial charge in [-0.05, 0) is 37.6 Å². The highest BCUT2D eigenvalue weighted by Gasteiger charge is 2.25. The molecule has 1 amide bonds. The number of amides is 1. The fraction of sp³-hybridized carbons (Fsp3) is 0.375. The van der Waals surface area contributed by atoms with Gasteiger partial charge in [-0.1, -0.05) is 6.07 Å². The number of hydrogen-bond donors (Lipinski definition) is 3. The van der Waals surface area contributed by atoms with Crippen LogP contribution in [0.5, 0.6) is 0 Å². The Morgan fingerprint density at radius 2 is 2.05 bits per heavy atom. The molecule has 1 aliphatic rings. The van der Waals surface area contributed by atoms with Gasteiger partial charge in [-0.3, -0.25) is 4.79 Å². The van der Waals surface area contributed by atoms with Gasteiger partial charge in [0, 0.05) is 49.8 Å². The lowest BCUT2D eigenvalue weighted by Gasteiger charge is -2.13. The number of benzene rings is 1. The summed E-state index contributed by atoms with van der Waals surface area (Å²) in [6, 6.07) is 6.23. The molecule has 0 saturated carbocycles. The minimum Gasteiger partial charge on any atom is -0.383 e. The predicted molar refractivity (Wildman–Crippen MR) is 160 cm³/mol. The maximum Gasteiger partial charge on any atom is 0.226 e. The fourth-order valence-electron chi connectivity index (χ4n) is 4.14. The largest absolute Gasteiger partial charge is 0.383 e. The van der Waals surface area contributed by atoms with E-state index in [0.717, 1.165) is 63.2 Å². The number of methoxy groups -OCH3 is 1. The van der Waals surface area contributed by atoms with Crippen LogP contribution < -0.4 is 16.0 Å². The highest BCUT2D eigenvalue weighted by atomic mass is 35.5. The molecule has 0 radical (unpaired) electrons. The third-order valence-electron chi connectivity index (χ3n) is 5.79. The predicted octanol–water partition coefficient (Wildman–Crippen LogP) is 4.99. The number of nitrogens with one attached hydrogen (secondary N) is 3. The topological polar surface area (TPSA) is 93.1 Å². The third kappa shape index (κ3) is 7.01. The average Bonchev–Trinajstić information content (AvgIpc) is 3.54. The molecule has 5 rings (SSSR count). The smallest absolute Gasteiger partial charge is 0.226 e. The molecule has 1 aliphatic heterocycles. The van der Waals surface area contributed by atoms with Gasteiger partial charge < -0.3 is 25.3 Å². The lowest BCUT2D eigenvalue weighted by atomic mass is 10.0. The summed E-state index contributed by atoms with van der Waals surface area (Å²) in [6.45, 7) is 5.72. The summed E-state index contributed by atoms with van der Waals surface area (Å²) in [5.74, 6) is 0.00779. The average molecular weight is 606 g/mol. The van der Waals surface area contributed by atoms with E-state index < -0.39 is 0 Å². The van der Waals surface area contributed by atoms with E-state index in [9.17, 15) is 4.79 Å². The molecule has 0 atom stereocenters. The zero-order valence-electron chi connectivity index (χ0n) is 20.5. The van der Waals surface area contributed by atoms with Gasteiger partial charge in [0.15, 0.2) is 0 Å². The van der Waals surface area contributed by atoms with E-state index in [0.29, 0.717) is 19.6 Å². The van der Waals surface area contributed by atoms with Crippen molar-refractivity contribution in [1.82, 2.24) is 25.2 Å². The number of halogens is 3. The van der Waals surface area contributed by atoms with Crippen LogP contribution in [0.25, 0.3) is 26.5 Å². The minimum atomic E-state index is 0. The van der Waals surface area contributed by atoms with Gasteiger partial charge in [0.1, 0.15) is 15.5 Å². The molecule has 1 aromatic carbocycles. The first-order valence-electron chi connectivity index (χ1n) is 11.4. The molecule has 202 valence electrons. The summed E-state index contributed by atoms with van der Waals surface area (Å²) in [5, 5.41) is 11.7. The molecule has 3 N–H and O–H groups in total. The van der Waals surface area contributed by atoms with E-state index in [1.807, 2.05) is 24.0 Å². The SMILES string of the molecule is COCCNCCC(=O)Nc1sc2c(c1-c1nc3c(-n4cnc(C)c4)cccc3s1)CCNC2.Cl.Cl.Cl. The van der Waals surface area contributed by atoms with Crippen LogP contribution in [0.2, 0.25) is 0 Å². The van der Waals surface area contributed by atoms with E-state index in [1.165, 1.54) is 10.4 Å². The van der Waals surface area contributed by atoms with Crippen molar-refractivity contribution in [3.05, 3.63) is 46.9 Å². The number of nitrogens with zero attached hydrogens (tertiary/aromatic N) is 3. The molecule has 0 saturated heterocycles. The van der Waals surface area contributed by atoms with E-state index in [4.69, 9.17) is 9.72 Å². The molecule has 3 aromatic heterocycles. The van der Waals surface area contributed by atoms with Crippen molar-refractivity contribution in [2.24, 2.45) is 0 Å². The number of thiazole rings is 1. The Kier molecular flexibility index (Phi) is 12.3. The molecule has 4 heterocycles. The third-order valence-corrected chi connectivity index (χ3v) is 7.98. The lowest BCUT2D eigenvalue weighted by Crippen LogP contribution is -2.24. The van der Waals surface area contributed by atoms with Crippen LogP contribution in [0, 0.1) is 6.92 Å². The van der Waals surface area contributed by atoms with Gasteiger partial charge in [0.05, 0.1) is 29.0 Å². The molecule has 0 unspecified atom stereocenters. The number of thiophene rings is 1. The molecule has 0 bridgehead atoms. The molecular weight excluding hydrogens is 575 g/mol. The first kappa shape index (κ1) is 31.5. The summed E-state index contributed by atoms with van der Waals surface area (Å²) in [7, 11) is 1.67. The van der Waals surface area contributed by atoms with Crippen molar-refractivity contribution >= 4 is 81.0 Å². The molecule has 13 heteroatoms. The number of ether oxygens (including phenoxy) is 1. The van der Waals surface area contributed by atoms with Crippen molar-refractivity contribution in [2.75, 3.05) is 38.7 Å². The number of para-hydroxylation sites is 1. The molecule has 0 fully saturated rings. The highest BCUT2D eigenvalue weighted by Crippen LogP contribution is 2.45. The Hall–Kier alpha value is -1.76. The standard InChI is InChI=1S/C24H28N6O2S2.3ClH/c1-15-13-30(14-27-15)17-4-3-5-18-22(17)29-24(33-18)21-16-6-8-26-12-19(16)34-23(21)28-20(31)7-9-25-10-11-32-2;;;/h3-5,13-14,25-26H,6-12H2,1-2H3,(H,28,31);3*1H. The summed E-state index contributed by atoms with van der Waals surface area (Å²) >= 11 is 3.34. The van der Waals surface area contributed by atoms with Gasteiger partial charge in [-0.2, -0.15) is 0 Å². The molecule has 4 aromatic rings. The first-order valence-corrected chi connectivity index (χ1v) is 13.0. The molecule has 37 heavy (non-hydrogen) atoms. The number of carbonyl (C=O) groups excluding carboxylic acids is 1. The second-order valence-electron chi connectivity index (χ2n) is 8.24. The maximum absolute atomic E-state index is 12.7. The highest BCUT2D eigenvalue weighted by molar-refractivity contribution is 7.23. The zero-order chi connectivity index (χ0) is 23.5. The molecule has 0 aliphatic carbocycles. The lowest BCUT2D eigenvalue weighted by molar-refractivity contribution is -0.116. The van der Waals surface area contributed by atoms with E-state index in [1.54, 1.807) is 29.8 Å². The van der Waals surface area contributed by atoms with Gasteiger partial charge in [-0.25, -0.2) is 9.97 Å². The molecule has 0 spiro atoms. The van der Waals surface area contributed by atoms with Crippen LogP contribution in [-0.4, -0.2) is 53.8 Å². The van der Waals surface area contributed by atoms with Gasteiger partial charge >= 0.3 is 0 Å². The normalized spacial score (nSPS) is 12.3. The van der Waals surface area contributed by atoms with Gasteiger partial charge in [0.2, 0.25) is 5.91 Å². The quantitative estimate of drug-likeness (QED) is 0.233. The van der Waals surface area contributed by atoms with Crippen molar-refractivity contribution in [3.63, 3.8) is 0 Å². The molecular formula is C24H31Cl3N6O2S2. The number of anilines is 1. The zero-order valence-corrected chi connectivity index (χ0v) is 24.6. The van der Waals surface area contributed by atoms with Crippen molar-refractivity contribution < 1.29 is 9.53 Å². The summed E-state index contributed by atoms with van der Waals surface area (Å²) in [4.78, 5) is 23.5. The van der Waals surface area contributed by atoms with Crippen LogP contribution in [-0.2, 0) is 22.5 Å². The minimum absolute atomic E-state index is 0. The second kappa shape index (κ2) is 14.4. The molecule has 8 nitrogen and oxygen atoms in total. The van der Waals surface area contributed by atoms with Crippen LogP contribution in [0.1, 0.15) is 22.6 Å². The Morgan fingerprint density at radius 1 is 1.22 bits per heavy atom. The monoisotopic (exact) mass is 604 g/mol. The van der Waals surface area contributed by atoms with Crippen LogP contribution in [0.3, 0.4) is 0 Å². The number of aromatic nitrogens is 3. The second-order valence-corrected chi connectivity index (χ2v) is 10.4. The van der Waals surface area contributed by atoms with Crippen LogP contribution in [0.15, 0.2) is 30.7 Å². The summed E-state index contributed by atoms with van der Waals surface area (Å²) in [6.07, 6.45) is 5.18. The van der Waals surface area contributed by atoms with Crippen molar-refractivity contribution in [3.8, 4) is 16.3 Å². The van der Waals surface area contributed by atoms with E-state index in [2.05, 4.69) is 39.1 Å². The van der Waals surface area contributed by atoms with Gasteiger partial charge in [-0.15, -0.1) is 59.9 Å². The Morgan fingerprint density at radius 3 is 2.81 bits per heavy atom. The summed E-state index contributed by atoms with van der Waals surface area (Å²) in [5.41, 5.74) is 5.31. The maximum atomic E-state index is 12.7. The van der Waals surface area contributed by atoms with Crippen molar-refractivity contribution in [1.29, 1.82) is 0 Å². The number of fused-ring (bicyclic) bond motifs is 2. The first-order chi connectivity index (χ1) is 16.6. The Balaban J connectivity index is 0.00000160. The van der Waals surface area contributed by atoms with Gasteiger partial charge in [0.25, 0.3) is 0 Å². The van der Waals surface area contributed by atoms with Crippen LogP contribution >= 0.6 is 59.9 Å². The number of hydrogen-bond acceptors (Lipinski definition) is 8. The summed E-state index contributed by atoms with van der Waals surface area (Å²) < 4.78 is 8.18. The number of imidazole rings is 1. The Bertz CT molecular complexity index is 1320. The van der Waals surface area contributed by atoms with E-state index >= 15 is 0 Å². The number of aryl methyl sites for hydroxylation is 1. The van der Waals surface area contributed by atoms with E-state index in [-0.39, 0.29) is 43.1 Å². The fourth-order valence-corrected chi connectivity index (χ4v) is 6.51. The Labute approximate surface area is 242 Å². The van der Waals surface area contributed by atoms with Crippen LogP contribution in [0.4, 0.5) is 5.00 Å². The number of carbonyl (C=O) groups is 1. The number of rotatable bonds is 9. The van der Waals surface area contributed by atoms with Crippen molar-refractivity contribution in [2.45, 2.75) is 26.3 Å².